The molecule has 0 spiro atoms. The first-order valence-electron chi connectivity index (χ1n) is 8.89. The van der Waals surface area contributed by atoms with Crippen LogP contribution in [0.25, 0.3) is 10.9 Å². The summed E-state index contributed by atoms with van der Waals surface area (Å²) in [5, 5.41) is 12.6. The van der Waals surface area contributed by atoms with Crippen molar-refractivity contribution in [1.29, 1.82) is 0 Å². The van der Waals surface area contributed by atoms with Crippen LogP contribution in [0.3, 0.4) is 0 Å². The number of fused-ring (bicyclic) bond motifs is 1. The average Bonchev–Trinajstić information content (AvgIpc) is 2.73. The van der Waals surface area contributed by atoms with Crippen molar-refractivity contribution in [3.05, 3.63) is 80.7 Å². The summed E-state index contributed by atoms with van der Waals surface area (Å²) in [6.07, 6.45) is 2.78. The summed E-state index contributed by atoms with van der Waals surface area (Å²) in [7, 11) is 0. The molecule has 0 aliphatic carbocycles. The van der Waals surface area contributed by atoms with E-state index in [4.69, 9.17) is 9.47 Å². The summed E-state index contributed by atoms with van der Waals surface area (Å²) in [6, 6.07) is 12.5. The van der Waals surface area contributed by atoms with Crippen molar-refractivity contribution in [1.82, 2.24) is 15.0 Å². The molecule has 0 aliphatic heterocycles. The molecule has 0 saturated carbocycles. The minimum absolute atomic E-state index is 0.206. The SMILES string of the molecule is Cc1ccc(Oc2ncnc(Oc3ccc(Br)c4cccnc34)c2[N+](=O)[O-])cc1C. The molecular weight excluding hydrogens is 452 g/mol. The van der Waals surface area contributed by atoms with Crippen LogP contribution in [0.5, 0.6) is 23.3 Å². The Morgan fingerprint density at radius 3 is 2.47 bits per heavy atom. The van der Waals surface area contributed by atoms with Gasteiger partial charge < -0.3 is 9.47 Å². The van der Waals surface area contributed by atoms with Crippen LogP contribution in [-0.2, 0) is 0 Å². The average molecular weight is 467 g/mol. The van der Waals surface area contributed by atoms with Crippen molar-refractivity contribution < 1.29 is 14.4 Å². The van der Waals surface area contributed by atoms with E-state index in [2.05, 4.69) is 30.9 Å². The zero-order valence-electron chi connectivity index (χ0n) is 16.0. The van der Waals surface area contributed by atoms with Crippen molar-refractivity contribution in [2.45, 2.75) is 13.8 Å². The van der Waals surface area contributed by atoms with Gasteiger partial charge in [0, 0.05) is 16.1 Å². The monoisotopic (exact) mass is 466 g/mol. The quantitative estimate of drug-likeness (QED) is 0.266. The maximum atomic E-state index is 11.8. The van der Waals surface area contributed by atoms with Gasteiger partial charge in [0.2, 0.25) is 0 Å². The fourth-order valence-electron chi connectivity index (χ4n) is 2.84. The predicted molar refractivity (Wildman–Crippen MR) is 114 cm³/mol. The van der Waals surface area contributed by atoms with Crippen LogP contribution in [0.4, 0.5) is 5.69 Å². The van der Waals surface area contributed by atoms with Gasteiger partial charge in [-0.3, -0.25) is 15.1 Å². The minimum atomic E-state index is -0.625. The molecule has 30 heavy (non-hydrogen) atoms. The molecule has 2 aromatic heterocycles. The van der Waals surface area contributed by atoms with Gasteiger partial charge in [-0.1, -0.05) is 28.1 Å². The Morgan fingerprint density at radius 1 is 0.967 bits per heavy atom. The number of hydrogen-bond acceptors (Lipinski definition) is 7. The number of pyridine rings is 1. The summed E-state index contributed by atoms with van der Waals surface area (Å²) < 4.78 is 12.3. The standard InChI is InChI=1S/C21H15BrN4O4/c1-12-5-6-14(10-13(12)2)29-20-19(26(27)28)21(25-11-24-20)30-17-8-7-16(22)15-4-3-9-23-18(15)17/h3-11H,1-2H3. The molecule has 4 rings (SSSR count). The van der Waals surface area contributed by atoms with E-state index in [0.29, 0.717) is 17.0 Å². The molecule has 8 nitrogen and oxygen atoms in total. The molecule has 9 heteroatoms. The number of ether oxygens (including phenoxy) is 2. The molecule has 0 fully saturated rings. The van der Waals surface area contributed by atoms with Gasteiger partial charge in [-0.05, 0) is 55.3 Å². The van der Waals surface area contributed by atoms with E-state index in [1.807, 2.05) is 26.0 Å². The maximum absolute atomic E-state index is 11.8. The summed E-state index contributed by atoms with van der Waals surface area (Å²) in [5.74, 6) is 0.320. The second-order valence-electron chi connectivity index (χ2n) is 6.48. The first-order chi connectivity index (χ1) is 14.4. The summed E-state index contributed by atoms with van der Waals surface area (Å²) in [6.45, 7) is 3.89. The van der Waals surface area contributed by atoms with Gasteiger partial charge in [0.25, 0.3) is 0 Å². The number of aryl methyl sites for hydroxylation is 2. The van der Waals surface area contributed by atoms with E-state index >= 15 is 0 Å². The Balaban J connectivity index is 1.76. The van der Waals surface area contributed by atoms with Crippen molar-refractivity contribution in [3.8, 4) is 23.3 Å². The largest absolute Gasteiger partial charge is 0.433 e. The van der Waals surface area contributed by atoms with Crippen LogP contribution in [0.15, 0.2) is 59.5 Å². The van der Waals surface area contributed by atoms with E-state index in [0.717, 1.165) is 27.3 Å². The van der Waals surface area contributed by atoms with Gasteiger partial charge in [0.1, 0.15) is 17.6 Å². The second-order valence-corrected chi connectivity index (χ2v) is 7.34. The topological polar surface area (TPSA) is 100 Å². The van der Waals surface area contributed by atoms with Gasteiger partial charge in [0.05, 0.1) is 4.92 Å². The fourth-order valence-corrected chi connectivity index (χ4v) is 3.29. The number of hydrogen-bond donors (Lipinski definition) is 0. The lowest BCUT2D eigenvalue weighted by atomic mass is 10.1. The Bertz CT molecular complexity index is 1280. The number of nitro groups is 1. The van der Waals surface area contributed by atoms with Crippen LogP contribution < -0.4 is 9.47 Å². The highest BCUT2D eigenvalue weighted by molar-refractivity contribution is 9.10. The minimum Gasteiger partial charge on any atom is -0.433 e. The van der Waals surface area contributed by atoms with Gasteiger partial charge in [-0.25, -0.2) is 0 Å². The molecule has 0 radical (unpaired) electrons. The van der Waals surface area contributed by atoms with Gasteiger partial charge in [-0.15, -0.1) is 0 Å². The zero-order valence-corrected chi connectivity index (χ0v) is 17.6. The molecule has 0 saturated heterocycles. The van der Waals surface area contributed by atoms with Crippen molar-refractivity contribution in [3.63, 3.8) is 0 Å². The lowest BCUT2D eigenvalue weighted by molar-refractivity contribution is -0.387. The van der Waals surface area contributed by atoms with Crippen LogP contribution in [-0.4, -0.2) is 19.9 Å². The van der Waals surface area contributed by atoms with Crippen LogP contribution in [0, 0.1) is 24.0 Å². The molecular formula is C21H15BrN4O4. The Kier molecular flexibility index (Phi) is 5.28. The van der Waals surface area contributed by atoms with Gasteiger partial charge in [0.15, 0.2) is 5.75 Å². The second kappa shape index (κ2) is 8.03. The Hall–Kier alpha value is -3.59. The molecule has 2 heterocycles. The Labute approximate surface area is 179 Å². The molecule has 0 N–H and O–H groups in total. The number of aromatic nitrogens is 3. The molecule has 0 bridgehead atoms. The Morgan fingerprint density at radius 2 is 1.73 bits per heavy atom. The van der Waals surface area contributed by atoms with E-state index < -0.39 is 10.6 Å². The highest BCUT2D eigenvalue weighted by Crippen LogP contribution is 2.40. The molecule has 0 unspecified atom stereocenters. The number of rotatable bonds is 5. The zero-order chi connectivity index (χ0) is 21.3. The van der Waals surface area contributed by atoms with E-state index in [-0.39, 0.29) is 11.8 Å². The third-order valence-electron chi connectivity index (χ3n) is 4.52. The summed E-state index contributed by atoms with van der Waals surface area (Å²) in [5.41, 5.74) is 2.14. The third-order valence-corrected chi connectivity index (χ3v) is 5.21. The summed E-state index contributed by atoms with van der Waals surface area (Å²) in [4.78, 5) is 23.4. The molecule has 0 atom stereocenters. The van der Waals surface area contributed by atoms with Gasteiger partial charge in [-0.2, -0.15) is 9.97 Å². The van der Waals surface area contributed by atoms with Crippen LogP contribution in [0.2, 0.25) is 0 Å². The summed E-state index contributed by atoms with van der Waals surface area (Å²) >= 11 is 3.46. The molecule has 150 valence electrons. The molecule has 4 aromatic rings. The van der Waals surface area contributed by atoms with Crippen molar-refractivity contribution in [2.75, 3.05) is 0 Å². The van der Waals surface area contributed by atoms with E-state index in [1.165, 1.54) is 0 Å². The molecule has 0 amide bonds. The molecule has 2 aromatic carbocycles. The smallest absolute Gasteiger partial charge is 0.393 e. The number of halogens is 1. The third kappa shape index (κ3) is 3.79. The normalized spacial score (nSPS) is 10.8. The first kappa shape index (κ1) is 19.7. The predicted octanol–water partition coefficient (Wildman–Crippen LogP) is 5.90. The fraction of sp³-hybridized carbons (Fsp3) is 0.0952. The highest BCUT2D eigenvalue weighted by atomic mass is 79.9. The van der Waals surface area contributed by atoms with Crippen LogP contribution in [0.1, 0.15) is 11.1 Å². The van der Waals surface area contributed by atoms with Gasteiger partial charge >= 0.3 is 17.4 Å². The first-order valence-corrected chi connectivity index (χ1v) is 9.69. The maximum Gasteiger partial charge on any atom is 0.393 e. The number of nitrogens with zero attached hydrogens (tertiary/aromatic N) is 4. The number of benzene rings is 2. The van der Waals surface area contributed by atoms with E-state index in [1.54, 1.807) is 36.5 Å². The van der Waals surface area contributed by atoms with Crippen molar-refractivity contribution >= 4 is 32.5 Å². The van der Waals surface area contributed by atoms with Crippen molar-refractivity contribution in [2.24, 2.45) is 0 Å². The highest BCUT2D eigenvalue weighted by Gasteiger charge is 2.28. The lowest BCUT2D eigenvalue weighted by Gasteiger charge is -2.11. The lowest BCUT2D eigenvalue weighted by Crippen LogP contribution is -2.01. The van der Waals surface area contributed by atoms with E-state index in [9.17, 15) is 10.1 Å². The van der Waals surface area contributed by atoms with Crippen LogP contribution >= 0.6 is 15.9 Å². The molecule has 0 aliphatic rings.